The van der Waals surface area contributed by atoms with Crippen LogP contribution < -0.4 is 5.32 Å². The SMILES string of the molecule is Cc1c(Cl)cnn1CC(=O)Nc1cc([N+](=O)[O-])ccc1O. The van der Waals surface area contributed by atoms with Crippen LogP contribution in [0.15, 0.2) is 24.4 Å². The van der Waals surface area contributed by atoms with E-state index in [1.165, 1.54) is 10.9 Å². The van der Waals surface area contributed by atoms with E-state index < -0.39 is 10.8 Å². The lowest BCUT2D eigenvalue weighted by Crippen LogP contribution is -2.20. The van der Waals surface area contributed by atoms with Gasteiger partial charge in [0, 0.05) is 12.1 Å². The first-order valence-electron chi connectivity index (χ1n) is 5.83. The van der Waals surface area contributed by atoms with Crippen LogP contribution in [0.4, 0.5) is 11.4 Å². The quantitative estimate of drug-likeness (QED) is 0.510. The maximum absolute atomic E-state index is 11.9. The highest BCUT2D eigenvalue weighted by Gasteiger charge is 2.14. The number of nitrogens with one attached hydrogen (secondary N) is 1. The Labute approximate surface area is 124 Å². The number of aromatic hydroxyl groups is 1. The maximum Gasteiger partial charge on any atom is 0.271 e. The summed E-state index contributed by atoms with van der Waals surface area (Å²) in [5.41, 5.74) is 0.349. The Bertz CT molecular complexity index is 713. The largest absolute Gasteiger partial charge is 0.506 e. The van der Waals surface area contributed by atoms with Gasteiger partial charge in [-0.2, -0.15) is 5.10 Å². The van der Waals surface area contributed by atoms with Crippen LogP contribution in [0.5, 0.6) is 5.75 Å². The second kappa shape index (κ2) is 5.80. The molecule has 2 rings (SSSR count). The number of nitro groups is 1. The van der Waals surface area contributed by atoms with Gasteiger partial charge in [0.15, 0.2) is 0 Å². The van der Waals surface area contributed by atoms with Gasteiger partial charge in [0.05, 0.1) is 27.5 Å². The number of anilines is 1. The van der Waals surface area contributed by atoms with Crippen LogP contribution in [-0.4, -0.2) is 25.7 Å². The summed E-state index contributed by atoms with van der Waals surface area (Å²) in [6.45, 7) is 1.58. The molecule has 110 valence electrons. The number of rotatable bonds is 4. The van der Waals surface area contributed by atoms with E-state index in [9.17, 15) is 20.0 Å². The number of halogens is 1. The van der Waals surface area contributed by atoms with Crippen molar-refractivity contribution < 1.29 is 14.8 Å². The number of aromatic nitrogens is 2. The molecule has 8 nitrogen and oxygen atoms in total. The normalized spacial score (nSPS) is 10.4. The van der Waals surface area contributed by atoms with Gasteiger partial charge in [-0.25, -0.2) is 0 Å². The van der Waals surface area contributed by atoms with E-state index in [0.717, 1.165) is 18.2 Å². The van der Waals surface area contributed by atoms with Gasteiger partial charge >= 0.3 is 0 Å². The molecule has 1 aromatic heterocycles. The number of amides is 1. The molecule has 1 aromatic carbocycles. The van der Waals surface area contributed by atoms with E-state index in [2.05, 4.69) is 10.4 Å². The maximum atomic E-state index is 11.9. The molecule has 0 bridgehead atoms. The Morgan fingerprint density at radius 1 is 1.57 bits per heavy atom. The summed E-state index contributed by atoms with van der Waals surface area (Å²) in [6, 6.07) is 3.36. The number of nitrogens with zero attached hydrogens (tertiary/aromatic N) is 3. The zero-order valence-corrected chi connectivity index (χ0v) is 11.7. The minimum Gasteiger partial charge on any atom is -0.506 e. The lowest BCUT2D eigenvalue weighted by Gasteiger charge is -2.08. The smallest absolute Gasteiger partial charge is 0.271 e. The van der Waals surface area contributed by atoms with Crippen LogP contribution in [0.25, 0.3) is 0 Å². The molecule has 2 aromatic rings. The third-order valence-corrected chi connectivity index (χ3v) is 3.17. The van der Waals surface area contributed by atoms with E-state index in [1.54, 1.807) is 6.92 Å². The predicted molar refractivity (Wildman–Crippen MR) is 75.4 cm³/mol. The molecular weight excluding hydrogens is 300 g/mol. The van der Waals surface area contributed by atoms with Crippen molar-refractivity contribution in [1.82, 2.24) is 9.78 Å². The van der Waals surface area contributed by atoms with Gasteiger partial charge in [-0.3, -0.25) is 19.6 Å². The average Bonchev–Trinajstić information content (AvgIpc) is 2.73. The van der Waals surface area contributed by atoms with Crippen LogP contribution in [0.1, 0.15) is 5.69 Å². The summed E-state index contributed by atoms with van der Waals surface area (Å²) < 4.78 is 1.38. The van der Waals surface area contributed by atoms with Crippen LogP contribution >= 0.6 is 11.6 Å². The van der Waals surface area contributed by atoms with Gasteiger partial charge in [0.1, 0.15) is 12.3 Å². The van der Waals surface area contributed by atoms with Crippen molar-refractivity contribution in [3.05, 3.63) is 45.2 Å². The summed E-state index contributed by atoms with van der Waals surface area (Å²) in [5.74, 6) is -0.752. The fourth-order valence-electron chi connectivity index (χ4n) is 1.65. The second-order valence-corrected chi connectivity index (χ2v) is 4.65. The topological polar surface area (TPSA) is 110 Å². The molecule has 1 amide bonds. The molecule has 1 heterocycles. The lowest BCUT2D eigenvalue weighted by molar-refractivity contribution is -0.384. The first-order chi connectivity index (χ1) is 9.88. The zero-order chi connectivity index (χ0) is 15.6. The number of phenolic OH excluding ortho intramolecular Hbond substituents is 1. The minimum atomic E-state index is -0.619. The Kier molecular flexibility index (Phi) is 4.08. The van der Waals surface area contributed by atoms with Crippen molar-refractivity contribution in [1.29, 1.82) is 0 Å². The van der Waals surface area contributed by atoms with Gasteiger partial charge in [-0.15, -0.1) is 0 Å². The molecule has 0 spiro atoms. The highest BCUT2D eigenvalue weighted by Crippen LogP contribution is 2.27. The Hall–Kier alpha value is -2.61. The summed E-state index contributed by atoms with van der Waals surface area (Å²) >= 11 is 5.82. The fourth-order valence-corrected chi connectivity index (χ4v) is 1.79. The van der Waals surface area contributed by atoms with Gasteiger partial charge in [-0.05, 0) is 13.0 Å². The van der Waals surface area contributed by atoms with Crippen LogP contribution in [-0.2, 0) is 11.3 Å². The number of phenols is 1. The van der Waals surface area contributed by atoms with Crippen LogP contribution in [0, 0.1) is 17.0 Å². The van der Waals surface area contributed by atoms with E-state index in [1.807, 2.05) is 0 Å². The second-order valence-electron chi connectivity index (χ2n) is 4.24. The molecule has 9 heteroatoms. The highest BCUT2D eigenvalue weighted by molar-refractivity contribution is 6.31. The molecule has 0 aliphatic carbocycles. The molecule has 0 unspecified atom stereocenters. The summed E-state index contributed by atoms with van der Waals surface area (Å²) in [4.78, 5) is 21.9. The Morgan fingerprint density at radius 3 is 2.86 bits per heavy atom. The number of hydrogen-bond acceptors (Lipinski definition) is 5. The molecule has 0 saturated carbocycles. The average molecular weight is 311 g/mol. The monoisotopic (exact) mass is 310 g/mol. The first kappa shape index (κ1) is 14.8. The van der Waals surface area contributed by atoms with Gasteiger partial charge < -0.3 is 10.4 Å². The van der Waals surface area contributed by atoms with Crippen molar-refractivity contribution in [2.75, 3.05) is 5.32 Å². The fraction of sp³-hybridized carbons (Fsp3) is 0.167. The van der Waals surface area contributed by atoms with Crippen molar-refractivity contribution in [2.24, 2.45) is 0 Å². The molecule has 0 saturated heterocycles. The van der Waals surface area contributed by atoms with Crippen molar-refractivity contribution in [3.8, 4) is 5.75 Å². The standard InChI is InChI=1S/C12H11ClN4O4/c1-7-9(13)5-14-16(7)6-12(19)15-10-4-8(17(20)21)2-3-11(10)18/h2-5,18H,6H2,1H3,(H,15,19). The van der Waals surface area contributed by atoms with Gasteiger partial charge in [0.25, 0.3) is 5.69 Å². The molecule has 2 N–H and O–H groups in total. The van der Waals surface area contributed by atoms with Crippen LogP contribution in [0.2, 0.25) is 5.02 Å². The minimum absolute atomic E-state index is 0.0369. The third kappa shape index (κ3) is 3.29. The summed E-state index contributed by atoms with van der Waals surface area (Å²) in [5, 5.41) is 27.0. The molecule has 21 heavy (non-hydrogen) atoms. The predicted octanol–water partition coefficient (Wildman–Crippen LogP) is 2.10. The van der Waals surface area contributed by atoms with E-state index in [0.29, 0.717) is 10.7 Å². The van der Waals surface area contributed by atoms with Crippen molar-refractivity contribution in [2.45, 2.75) is 13.5 Å². The van der Waals surface area contributed by atoms with Crippen molar-refractivity contribution >= 4 is 28.9 Å². The first-order valence-corrected chi connectivity index (χ1v) is 6.21. The number of nitro benzene ring substituents is 1. The molecule has 0 fully saturated rings. The summed E-state index contributed by atoms with van der Waals surface area (Å²) in [6.07, 6.45) is 1.41. The van der Waals surface area contributed by atoms with Gasteiger partial charge in [0.2, 0.25) is 5.91 Å². The molecular formula is C12H11ClN4O4. The van der Waals surface area contributed by atoms with Crippen LogP contribution in [0.3, 0.4) is 0 Å². The number of non-ortho nitro benzene ring substituents is 1. The summed E-state index contributed by atoms with van der Waals surface area (Å²) in [7, 11) is 0. The zero-order valence-electron chi connectivity index (χ0n) is 10.9. The van der Waals surface area contributed by atoms with Gasteiger partial charge in [-0.1, -0.05) is 11.6 Å². The lowest BCUT2D eigenvalue weighted by atomic mass is 10.2. The Morgan fingerprint density at radius 2 is 2.29 bits per heavy atom. The number of carbonyl (C=O) groups is 1. The van der Waals surface area contributed by atoms with E-state index >= 15 is 0 Å². The molecule has 0 aliphatic heterocycles. The third-order valence-electron chi connectivity index (χ3n) is 2.80. The Balaban J connectivity index is 2.14. The van der Waals surface area contributed by atoms with E-state index in [4.69, 9.17) is 11.6 Å². The molecule has 0 radical (unpaired) electrons. The van der Waals surface area contributed by atoms with E-state index in [-0.39, 0.29) is 23.7 Å². The number of hydrogen-bond donors (Lipinski definition) is 2. The number of benzene rings is 1. The number of carbonyl (C=O) groups excluding carboxylic acids is 1. The highest BCUT2D eigenvalue weighted by atomic mass is 35.5. The molecule has 0 aliphatic rings. The molecule has 0 atom stereocenters. The van der Waals surface area contributed by atoms with Crippen molar-refractivity contribution in [3.63, 3.8) is 0 Å².